The Morgan fingerprint density at radius 1 is 1.28 bits per heavy atom. The van der Waals surface area contributed by atoms with Gasteiger partial charge in [-0.1, -0.05) is 30.0 Å². The lowest BCUT2D eigenvalue weighted by Crippen LogP contribution is -2.14. The van der Waals surface area contributed by atoms with Gasteiger partial charge in [0.25, 0.3) is 0 Å². The van der Waals surface area contributed by atoms with Gasteiger partial charge < -0.3 is 9.88 Å². The summed E-state index contributed by atoms with van der Waals surface area (Å²) in [6.45, 7) is 0. The molecule has 1 N–H and O–H groups in total. The number of carbonyl (C=O) groups excluding carboxylic acids is 1. The first-order valence-corrected chi connectivity index (χ1v) is 10.1. The minimum atomic E-state index is -0.106. The van der Waals surface area contributed by atoms with Gasteiger partial charge in [-0.2, -0.15) is 0 Å². The van der Waals surface area contributed by atoms with Crippen molar-refractivity contribution in [2.45, 2.75) is 5.16 Å². The van der Waals surface area contributed by atoms with Crippen LogP contribution in [-0.4, -0.2) is 31.4 Å². The van der Waals surface area contributed by atoms with Crippen molar-refractivity contribution in [2.75, 3.05) is 11.1 Å². The number of nitrogens with zero attached hydrogens (tertiary/aromatic N) is 4. The molecule has 0 bridgehead atoms. The molecule has 0 aliphatic heterocycles. The van der Waals surface area contributed by atoms with Gasteiger partial charge >= 0.3 is 0 Å². The molecule has 0 unspecified atom stereocenters. The molecule has 0 radical (unpaired) electrons. The van der Waals surface area contributed by atoms with Crippen LogP contribution in [0.5, 0.6) is 0 Å². The number of carbonyl (C=O) groups is 1. The molecule has 0 saturated carbocycles. The molecule has 0 spiro atoms. The Labute approximate surface area is 155 Å². The first-order valence-electron chi connectivity index (χ1n) is 7.40. The Balaban J connectivity index is 1.50. The van der Waals surface area contributed by atoms with Crippen molar-refractivity contribution in [3.05, 3.63) is 41.2 Å². The number of rotatable bonds is 5. The normalized spacial score (nSPS) is 11.1. The van der Waals surface area contributed by atoms with E-state index in [-0.39, 0.29) is 11.7 Å². The van der Waals surface area contributed by atoms with Crippen LogP contribution in [0.1, 0.15) is 0 Å². The summed E-state index contributed by atoms with van der Waals surface area (Å²) in [5.41, 5.74) is 1.06. The van der Waals surface area contributed by atoms with E-state index in [4.69, 9.17) is 0 Å². The molecule has 3 heterocycles. The highest BCUT2D eigenvalue weighted by atomic mass is 32.2. The van der Waals surface area contributed by atoms with Gasteiger partial charge in [-0.3, -0.25) is 4.79 Å². The number of thiophene rings is 1. The van der Waals surface area contributed by atoms with E-state index in [0.717, 1.165) is 11.4 Å². The number of benzene rings is 1. The Hall–Kier alpha value is -2.23. The zero-order valence-electron chi connectivity index (χ0n) is 13.2. The van der Waals surface area contributed by atoms with Gasteiger partial charge in [-0.15, -0.1) is 32.9 Å². The summed E-state index contributed by atoms with van der Waals surface area (Å²) in [5.74, 6) is 0.960. The fourth-order valence-corrected chi connectivity index (χ4v) is 4.59. The van der Waals surface area contributed by atoms with Gasteiger partial charge in [-0.25, -0.2) is 4.98 Å². The number of amides is 1. The van der Waals surface area contributed by atoms with Crippen LogP contribution in [0.4, 0.5) is 5.13 Å². The predicted molar refractivity (Wildman–Crippen MR) is 103 cm³/mol. The van der Waals surface area contributed by atoms with Crippen LogP contribution in [0.15, 0.2) is 46.4 Å². The number of nitrogens with one attached hydrogen (secondary N) is 1. The molecule has 0 aliphatic rings. The number of hydrogen-bond donors (Lipinski definition) is 1. The highest BCUT2D eigenvalue weighted by molar-refractivity contribution is 7.99. The number of thiazole rings is 1. The largest absolute Gasteiger partial charge is 0.305 e. The summed E-state index contributed by atoms with van der Waals surface area (Å²) in [6, 6.07) is 8.23. The number of thioether (sulfide) groups is 1. The molecule has 4 aromatic rings. The van der Waals surface area contributed by atoms with E-state index in [9.17, 15) is 4.79 Å². The molecule has 0 saturated heterocycles. The van der Waals surface area contributed by atoms with E-state index < -0.39 is 0 Å². The van der Waals surface area contributed by atoms with Crippen LogP contribution < -0.4 is 5.32 Å². The molecule has 1 aromatic carbocycles. The topological polar surface area (TPSA) is 72.7 Å². The van der Waals surface area contributed by atoms with Crippen LogP contribution in [0.2, 0.25) is 0 Å². The molecule has 0 aliphatic carbocycles. The Morgan fingerprint density at radius 2 is 2.16 bits per heavy atom. The maximum atomic E-state index is 12.0. The number of fused-ring (bicyclic) bond motifs is 1. The molecule has 1 amide bonds. The summed E-state index contributed by atoms with van der Waals surface area (Å²) in [5, 5.41) is 17.7. The van der Waals surface area contributed by atoms with Gasteiger partial charge in [0.15, 0.2) is 16.1 Å². The Morgan fingerprint density at radius 3 is 3.00 bits per heavy atom. The highest BCUT2D eigenvalue weighted by Crippen LogP contribution is 2.33. The summed E-state index contributed by atoms with van der Waals surface area (Å²) < 4.78 is 3.15. The molecule has 6 nitrogen and oxygen atoms in total. The molecule has 3 aromatic heterocycles. The third kappa shape index (κ3) is 3.30. The van der Waals surface area contributed by atoms with E-state index in [1.54, 1.807) is 17.5 Å². The third-order valence-corrected chi connectivity index (χ3v) is 6.24. The minimum Gasteiger partial charge on any atom is -0.305 e. The van der Waals surface area contributed by atoms with Crippen molar-refractivity contribution in [1.29, 1.82) is 0 Å². The predicted octanol–water partition coefficient (Wildman–Crippen LogP) is 3.88. The lowest BCUT2D eigenvalue weighted by molar-refractivity contribution is -0.113. The Kier molecular flexibility index (Phi) is 4.51. The first-order chi connectivity index (χ1) is 12.2. The maximum absolute atomic E-state index is 12.0. The third-order valence-electron chi connectivity index (χ3n) is 3.57. The average molecular weight is 388 g/mol. The molecule has 126 valence electrons. The Bertz CT molecular complexity index is 1020. The van der Waals surface area contributed by atoms with E-state index >= 15 is 0 Å². The standard InChI is InChI=1S/C16H13N5OS3/c1-21-14(11-8-24-12-5-3-2-4-10(11)12)19-20-16(21)25-9-13(22)18-15-17-6-7-23-15/h2-8H,9H2,1H3,(H,17,18,22). The number of aromatic nitrogens is 4. The van der Waals surface area contributed by atoms with Crippen molar-refractivity contribution in [3.8, 4) is 11.4 Å². The van der Waals surface area contributed by atoms with Crippen molar-refractivity contribution >= 4 is 55.6 Å². The fraction of sp³-hybridized carbons (Fsp3) is 0.125. The van der Waals surface area contributed by atoms with E-state index in [0.29, 0.717) is 10.3 Å². The van der Waals surface area contributed by atoms with E-state index in [1.165, 1.54) is 33.2 Å². The summed E-state index contributed by atoms with van der Waals surface area (Å²) >= 11 is 4.44. The van der Waals surface area contributed by atoms with E-state index in [2.05, 4.69) is 38.0 Å². The smallest absolute Gasteiger partial charge is 0.236 e. The number of anilines is 1. The minimum absolute atomic E-state index is 0.106. The second-order valence-corrected chi connectivity index (χ2v) is 7.93. The van der Waals surface area contributed by atoms with Crippen molar-refractivity contribution in [3.63, 3.8) is 0 Å². The van der Waals surface area contributed by atoms with Crippen LogP contribution in [0, 0.1) is 0 Å². The van der Waals surface area contributed by atoms with Crippen molar-refractivity contribution in [2.24, 2.45) is 7.05 Å². The van der Waals surface area contributed by atoms with Gasteiger partial charge in [0.1, 0.15) is 0 Å². The van der Waals surface area contributed by atoms with Crippen molar-refractivity contribution < 1.29 is 4.79 Å². The first kappa shape index (κ1) is 16.2. The zero-order chi connectivity index (χ0) is 17.2. The average Bonchev–Trinajstić information content (AvgIpc) is 3.33. The van der Waals surface area contributed by atoms with Crippen LogP contribution in [-0.2, 0) is 11.8 Å². The molecular formula is C16H13N5OS3. The molecule has 0 fully saturated rings. The SMILES string of the molecule is Cn1c(SCC(=O)Nc2nccs2)nnc1-c1csc2ccccc12. The second kappa shape index (κ2) is 6.95. The van der Waals surface area contributed by atoms with Crippen LogP contribution in [0.3, 0.4) is 0 Å². The second-order valence-electron chi connectivity index (χ2n) is 5.18. The van der Waals surface area contributed by atoms with Crippen molar-refractivity contribution in [1.82, 2.24) is 19.7 Å². The monoisotopic (exact) mass is 387 g/mol. The maximum Gasteiger partial charge on any atom is 0.236 e. The zero-order valence-corrected chi connectivity index (χ0v) is 15.6. The fourth-order valence-electron chi connectivity index (χ4n) is 2.40. The molecule has 4 rings (SSSR count). The van der Waals surface area contributed by atoms with Gasteiger partial charge in [0.05, 0.1) is 5.75 Å². The molecular weight excluding hydrogens is 374 g/mol. The van der Waals surface area contributed by atoms with Gasteiger partial charge in [0.2, 0.25) is 5.91 Å². The van der Waals surface area contributed by atoms with Gasteiger partial charge in [0, 0.05) is 39.7 Å². The summed E-state index contributed by atoms with van der Waals surface area (Å²) in [4.78, 5) is 16.0. The molecule has 9 heteroatoms. The van der Waals surface area contributed by atoms with Crippen LogP contribution >= 0.6 is 34.4 Å². The molecule has 25 heavy (non-hydrogen) atoms. The van der Waals surface area contributed by atoms with E-state index in [1.807, 2.05) is 29.1 Å². The van der Waals surface area contributed by atoms with Gasteiger partial charge in [-0.05, 0) is 6.07 Å². The molecule has 0 atom stereocenters. The lowest BCUT2D eigenvalue weighted by Gasteiger charge is -2.03. The number of hydrogen-bond acceptors (Lipinski definition) is 7. The summed E-state index contributed by atoms with van der Waals surface area (Å²) in [7, 11) is 1.92. The van der Waals surface area contributed by atoms with Crippen LogP contribution in [0.25, 0.3) is 21.5 Å². The lowest BCUT2D eigenvalue weighted by atomic mass is 10.2. The summed E-state index contributed by atoms with van der Waals surface area (Å²) in [6.07, 6.45) is 1.66. The highest BCUT2D eigenvalue weighted by Gasteiger charge is 2.16. The quantitative estimate of drug-likeness (QED) is 0.526.